The molecule has 0 saturated heterocycles. The van der Waals surface area contributed by atoms with Crippen molar-refractivity contribution in [3.8, 4) is 17.0 Å². The molecule has 0 saturated carbocycles. The Hall–Kier alpha value is -3.74. The minimum absolute atomic E-state index is 0.116. The van der Waals surface area contributed by atoms with Crippen molar-refractivity contribution in [3.63, 3.8) is 0 Å². The zero-order chi connectivity index (χ0) is 25.0. The number of carbonyl (C=O) groups excluding carboxylic acids is 1. The highest BCUT2D eigenvalue weighted by Gasteiger charge is 2.29. The second-order valence-electron chi connectivity index (χ2n) is 7.27. The van der Waals surface area contributed by atoms with Gasteiger partial charge >= 0.3 is 6.03 Å². The number of ether oxygens (including phenoxy) is 1. The van der Waals surface area contributed by atoms with Gasteiger partial charge in [0.25, 0.3) is 16.4 Å². The molecule has 2 amide bonds. The van der Waals surface area contributed by atoms with Crippen molar-refractivity contribution in [1.29, 1.82) is 0 Å². The molecule has 0 unspecified atom stereocenters. The van der Waals surface area contributed by atoms with Gasteiger partial charge in [0.05, 0.1) is 12.8 Å². The highest BCUT2D eigenvalue weighted by atomic mass is 32.2. The van der Waals surface area contributed by atoms with Crippen molar-refractivity contribution in [2.75, 3.05) is 12.4 Å². The van der Waals surface area contributed by atoms with E-state index < -0.39 is 39.0 Å². The van der Waals surface area contributed by atoms with Gasteiger partial charge in [-0.3, -0.25) is 4.98 Å². The average molecular weight is 495 g/mol. The quantitative estimate of drug-likeness (QED) is 0.502. The largest absolute Gasteiger partial charge is 0.481 e. The highest BCUT2D eigenvalue weighted by molar-refractivity contribution is 7.90. The molecule has 13 heteroatoms. The van der Waals surface area contributed by atoms with Crippen molar-refractivity contribution < 1.29 is 31.1 Å². The highest BCUT2D eigenvalue weighted by Crippen LogP contribution is 2.37. The first-order valence-electron chi connectivity index (χ1n) is 9.80. The van der Waals surface area contributed by atoms with E-state index in [4.69, 9.17) is 4.74 Å². The number of halogens is 3. The molecule has 2 N–H and O–H groups in total. The Morgan fingerprint density at radius 1 is 1.06 bits per heavy atom. The van der Waals surface area contributed by atoms with Gasteiger partial charge in [0.1, 0.15) is 11.5 Å². The third-order valence-electron chi connectivity index (χ3n) is 4.63. The zero-order valence-electron chi connectivity index (χ0n) is 18.2. The van der Waals surface area contributed by atoms with E-state index in [-0.39, 0.29) is 23.0 Å². The molecule has 0 radical (unpaired) electrons. The number of nitrogens with zero attached hydrogens (tertiary/aromatic N) is 3. The third-order valence-corrected chi connectivity index (χ3v) is 5.91. The SMILES string of the molecule is COc1cc(-c2cc(F)cc(C(C)C)c2NC(=O)NS(=O)(=O)c2nccnc2C(F)F)ccn1. The van der Waals surface area contributed by atoms with Crippen molar-refractivity contribution in [2.45, 2.75) is 31.2 Å². The third kappa shape index (κ3) is 5.42. The molecule has 9 nitrogen and oxygen atoms in total. The monoisotopic (exact) mass is 495 g/mol. The van der Waals surface area contributed by atoms with E-state index >= 15 is 0 Å². The number of hydrogen-bond acceptors (Lipinski definition) is 7. The Morgan fingerprint density at radius 2 is 1.76 bits per heavy atom. The summed E-state index contributed by atoms with van der Waals surface area (Å²) < 4.78 is 72.7. The Kier molecular flexibility index (Phi) is 7.35. The summed E-state index contributed by atoms with van der Waals surface area (Å²) in [5.74, 6) is -0.641. The topological polar surface area (TPSA) is 123 Å². The van der Waals surface area contributed by atoms with Crippen molar-refractivity contribution in [3.05, 3.63) is 59.9 Å². The molecule has 0 aliphatic heterocycles. The normalized spacial score (nSPS) is 11.5. The number of rotatable bonds is 7. The van der Waals surface area contributed by atoms with Crippen LogP contribution in [-0.2, 0) is 10.0 Å². The van der Waals surface area contributed by atoms with E-state index in [2.05, 4.69) is 20.3 Å². The molecule has 3 aromatic rings. The number of aromatic nitrogens is 3. The predicted molar refractivity (Wildman–Crippen MR) is 117 cm³/mol. The number of alkyl halides is 2. The van der Waals surface area contributed by atoms with Crippen LogP contribution < -0.4 is 14.8 Å². The molecule has 3 rings (SSSR count). The number of methoxy groups -OCH3 is 1. The van der Waals surface area contributed by atoms with Crippen LogP contribution in [0.3, 0.4) is 0 Å². The van der Waals surface area contributed by atoms with Gasteiger partial charge in [-0.2, -0.15) is 8.42 Å². The molecule has 0 spiro atoms. The Morgan fingerprint density at radius 3 is 2.41 bits per heavy atom. The van der Waals surface area contributed by atoms with Gasteiger partial charge in [-0.05, 0) is 35.2 Å². The van der Waals surface area contributed by atoms with Gasteiger partial charge in [0.2, 0.25) is 10.9 Å². The van der Waals surface area contributed by atoms with E-state index in [1.165, 1.54) is 25.4 Å². The maximum Gasteiger partial charge on any atom is 0.333 e. The fourth-order valence-electron chi connectivity index (χ4n) is 3.14. The van der Waals surface area contributed by atoms with Crippen molar-refractivity contribution in [1.82, 2.24) is 19.7 Å². The Labute approximate surface area is 193 Å². The Balaban J connectivity index is 2.02. The Bertz CT molecular complexity index is 1320. The van der Waals surface area contributed by atoms with Gasteiger partial charge in [-0.15, -0.1) is 0 Å². The summed E-state index contributed by atoms with van der Waals surface area (Å²) in [7, 11) is -3.41. The molecule has 2 aromatic heterocycles. The first kappa shape index (κ1) is 24.9. The summed E-state index contributed by atoms with van der Waals surface area (Å²) in [5.41, 5.74) is 0.0405. The number of urea groups is 1. The van der Waals surface area contributed by atoms with Gasteiger partial charge in [-0.1, -0.05) is 13.8 Å². The number of benzene rings is 1. The van der Waals surface area contributed by atoms with Crippen LogP contribution in [-0.4, -0.2) is 36.5 Å². The van der Waals surface area contributed by atoms with E-state index in [9.17, 15) is 26.4 Å². The number of sulfonamides is 1. The minimum Gasteiger partial charge on any atom is -0.481 e. The molecule has 0 aliphatic carbocycles. The summed E-state index contributed by atoms with van der Waals surface area (Å²) in [6.07, 6.45) is -0.00304. The number of carbonyl (C=O) groups is 1. The average Bonchev–Trinajstić information content (AvgIpc) is 2.79. The summed E-state index contributed by atoms with van der Waals surface area (Å²) in [6, 6.07) is 4.15. The fourth-order valence-corrected chi connectivity index (χ4v) is 4.15. The van der Waals surface area contributed by atoms with Crippen LogP contribution in [0, 0.1) is 5.82 Å². The molecule has 2 heterocycles. The minimum atomic E-state index is -4.80. The van der Waals surface area contributed by atoms with Crippen LogP contribution in [0.2, 0.25) is 0 Å². The lowest BCUT2D eigenvalue weighted by Gasteiger charge is -2.19. The number of anilines is 1. The lowest BCUT2D eigenvalue weighted by molar-refractivity contribution is 0.141. The van der Waals surface area contributed by atoms with Crippen LogP contribution in [0.15, 0.2) is 47.9 Å². The number of hydrogen-bond donors (Lipinski definition) is 2. The van der Waals surface area contributed by atoms with Gasteiger partial charge in [0.15, 0.2) is 0 Å². The second kappa shape index (κ2) is 10.0. The summed E-state index contributed by atoms with van der Waals surface area (Å²) in [4.78, 5) is 23.4. The lowest BCUT2D eigenvalue weighted by Crippen LogP contribution is -2.36. The molecule has 34 heavy (non-hydrogen) atoms. The summed E-state index contributed by atoms with van der Waals surface area (Å²) in [6.45, 7) is 3.50. The molecular formula is C21H20F3N5O4S. The van der Waals surface area contributed by atoms with E-state index in [0.717, 1.165) is 18.5 Å². The molecule has 0 fully saturated rings. The van der Waals surface area contributed by atoms with Crippen LogP contribution in [0.1, 0.15) is 37.4 Å². The molecule has 180 valence electrons. The maximum atomic E-state index is 14.4. The van der Waals surface area contributed by atoms with Crippen LogP contribution in [0.4, 0.5) is 23.7 Å². The number of nitrogens with one attached hydrogen (secondary N) is 2. The second-order valence-corrected chi connectivity index (χ2v) is 8.86. The van der Waals surface area contributed by atoms with Gasteiger partial charge in [-0.25, -0.2) is 32.7 Å². The maximum absolute atomic E-state index is 14.4. The number of amides is 2. The number of pyridine rings is 1. The fraction of sp³-hybridized carbons (Fsp3) is 0.238. The first-order valence-corrected chi connectivity index (χ1v) is 11.3. The van der Waals surface area contributed by atoms with Crippen molar-refractivity contribution >= 4 is 21.7 Å². The smallest absolute Gasteiger partial charge is 0.333 e. The summed E-state index contributed by atoms with van der Waals surface area (Å²) >= 11 is 0. The lowest BCUT2D eigenvalue weighted by atomic mass is 9.94. The first-order chi connectivity index (χ1) is 16.0. The molecule has 0 bridgehead atoms. The van der Waals surface area contributed by atoms with Crippen molar-refractivity contribution in [2.24, 2.45) is 0 Å². The van der Waals surface area contributed by atoms with E-state index in [1.54, 1.807) is 24.6 Å². The standard InChI is InChI=1S/C21H20F3N5O4S/c1-11(2)14-9-13(22)10-15(12-4-5-25-16(8-12)33-3)17(14)28-21(30)29-34(31,32)20-18(19(23)24)26-6-7-27-20/h4-11,19H,1-3H3,(H2,28,29,30). The van der Waals surface area contributed by atoms with Crippen LogP contribution in [0.25, 0.3) is 11.1 Å². The predicted octanol–water partition coefficient (Wildman–Crippen LogP) is 4.26. The molecule has 0 aliphatic rings. The molecule has 0 atom stereocenters. The molecular weight excluding hydrogens is 475 g/mol. The summed E-state index contributed by atoms with van der Waals surface area (Å²) in [5, 5.41) is 1.32. The van der Waals surface area contributed by atoms with E-state index in [1.807, 2.05) is 0 Å². The van der Waals surface area contributed by atoms with Crippen LogP contribution >= 0.6 is 0 Å². The molecule has 1 aromatic carbocycles. The van der Waals surface area contributed by atoms with E-state index in [0.29, 0.717) is 11.1 Å². The van der Waals surface area contributed by atoms with Gasteiger partial charge in [0, 0.05) is 30.2 Å². The van der Waals surface area contributed by atoms with Gasteiger partial charge < -0.3 is 10.1 Å². The van der Waals surface area contributed by atoms with Crippen LogP contribution in [0.5, 0.6) is 5.88 Å². The zero-order valence-corrected chi connectivity index (χ0v) is 19.0.